The number of nitrogen functional groups attached to an aromatic ring is 1. The lowest BCUT2D eigenvalue weighted by Crippen LogP contribution is -2.21. The van der Waals surface area contributed by atoms with Crippen LogP contribution in [0.5, 0.6) is 0 Å². The summed E-state index contributed by atoms with van der Waals surface area (Å²) in [5, 5.41) is 6.44. The van der Waals surface area contributed by atoms with Crippen LogP contribution in [0.4, 0.5) is 21.4 Å². The predicted octanol–water partition coefficient (Wildman–Crippen LogP) is 4.22. The molecule has 0 bridgehead atoms. The van der Waals surface area contributed by atoms with Crippen molar-refractivity contribution in [1.82, 2.24) is 10.3 Å². The van der Waals surface area contributed by atoms with Crippen LogP contribution < -0.4 is 16.4 Å². The van der Waals surface area contributed by atoms with E-state index in [1.54, 1.807) is 42.5 Å². The van der Waals surface area contributed by atoms with Crippen molar-refractivity contribution in [3.8, 4) is 0 Å². The van der Waals surface area contributed by atoms with E-state index in [1.807, 2.05) is 0 Å². The number of anilines is 3. The highest BCUT2D eigenvalue weighted by atomic mass is 35.5. The Labute approximate surface area is 199 Å². The van der Waals surface area contributed by atoms with E-state index in [9.17, 15) is 13.8 Å². The maximum absolute atomic E-state index is 12.9. The summed E-state index contributed by atoms with van der Waals surface area (Å²) < 4.78 is 17.7. The molecule has 0 aliphatic carbocycles. The number of benzene rings is 2. The molecule has 1 aliphatic rings. The number of nitrogens with two attached hydrogens (primary N) is 1. The van der Waals surface area contributed by atoms with E-state index in [0.29, 0.717) is 22.3 Å². The summed E-state index contributed by atoms with van der Waals surface area (Å²) in [7, 11) is -1.38. The van der Waals surface area contributed by atoms with Crippen LogP contribution in [-0.4, -0.2) is 39.5 Å². The van der Waals surface area contributed by atoms with Crippen molar-refractivity contribution in [3.63, 3.8) is 0 Å². The molecule has 2 heterocycles. The van der Waals surface area contributed by atoms with Crippen molar-refractivity contribution in [2.24, 2.45) is 0 Å². The average Bonchev–Trinajstić information content (AvgIpc) is 3.32. The molecule has 0 saturated carbocycles. The highest BCUT2D eigenvalue weighted by Gasteiger charge is 2.25. The molecular formula is C20H16Cl2N4O4S2. The number of nitrogens with one attached hydrogen (secondary N) is 2. The molecule has 1 aliphatic heterocycles. The molecular weight excluding hydrogens is 495 g/mol. The number of hydrogen-bond donors (Lipinski definition) is 3. The van der Waals surface area contributed by atoms with Gasteiger partial charge in [0.25, 0.3) is 0 Å². The second-order valence-corrected chi connectivity index (χ2v) is 10.0. The van der Waals surface area contributed by atoms with E-state index >= 15 is 0 Å². The standard InChI is InChI=1S/C20H16Cl2N4O4S2/c21-13-5-2-6-14(22)15(13)16(27)17-18(23)26-19(31-17)25-10-3-1-4-12(7-10)32(29)9-11-8-24-20(28)30-11/h1-7,11H,8-9,23H2,(H,24,28)(H,25,26). The third-order valence-corrected chi connectivity index (χ3v) is 7.55. The number of thiazole rings is 1. The number of carbonyl (C=O) groups excluding carboxylic acids is 2. The molecule has 32 heavy (non-hydrogen) atoms. The maximum Gasteiger partial charge on any atom is 0.407 e. The lowest BCUT2D eigenvalue weighted by molar-refractivity contribution is 0.104. The van der Waals surface area contributed by atoms with E-state index in [1.165, 1.54) is 0 Å². The van der Waals surface area contributed by atoms with Crippen LogP contribution >= 0.6 is 34.5 Å². The van der Waals surface area contributed by atoms with Crippen LogP contribution in [0.1, 0.15) is 15.2 Å². The van der Waals surface area contributed by atoms with Gasteiger partial charge in [0.1, 0.15) is 16.8 Å². The summed E-state index contributed by atoms with van der Waals surface area (Å²) in [6, 6.07) is 11.7. The topological polar surface area (TPSA) is 123 Å². The SMILES string of the molecule is Nc1nc(Nc2cccc(S(=O)CC3CNC(=O)O3)c2)sc1C(=O)c1c(Cl)cccc1Cl. The fourth-order valence-electron chi connectivity index (χ4n) is 3.01. The zero-order valence-electron chi connectivity index (χ0n) is 16.3. The van der Waals surface area contributed by atoms with Gasteiger partial charge in [-0.15, -0.1) is 0 Å². The first-order valence-electron chi connectivity index (χ1n) is 9.27. The number of rotatable bonds is 7. The van der Waals surface area contributed by atoms with Gasteiger partial charge in [-0.3, -0.25) is 9.00 Å². The van der Waals surface area contributed by atoms with Crippen molar-refractivity contribution >= 4 is 73.9 Å². The van der Waals surface area contributed by atoms with Gasteiger partial charge < -0.3 is 21.1 Å². The molecule has 2 aromatic carbocycles. The summed E-state index contributed by atoms with van der Waals surface area (Å²) in [5.74, 6) is -0.184. The third-order valence-electron chi connectivity index (χ3n) is 4.48. The molecule has 12 heteroatoms. The van der Waals surface area contributed by atoms with Crippen LogP contribution in [0.25, 0.3) is 0 Å². The van der Waals surface area contributed by atoms with Crippen molar-refractivity contribution in [3.05, 3.63) is 63.0 Å². The second-order valence-electron chi connectivity index (χ2n) is 6.73. The predicted molar refractivity (Wildman–Crippen MR) is 126 cm³/mol. The summed E-state index contributed by atoms with van der Waals surface area (Å²) in [4.78, 5) is 29.0. The molecule has 2 unspecified atom stereocenters. The number of carbonyl (C=O) groups is 2. The maximum atomic E-state index is 12.9. The molecule has 1 saturated heterocycles. The van der Waals surface area contributed by atoms with Crippen LogP contribution in [0.2, 0.25) is 10.0 Å². The number of amides is 1. The van der Waals surface area contributed by atoms with Gasteiger partial charge in [0.05, 0.1) is 38.7 Å². The normalized spacial score (nSPS) is 16.3. The number of aromatic nitrogens is 1. The Kier molecular flexibility index (Phi) is 6.66. The third kappa shape index (κ3) is 4.88. The molecule has 1 fully saturated rings. The van der Waals surface area contributed by atoms with E-state index in [4.69, 9.17) is 33.7 Å². The second kappa shape index (κ2) is 9.45. The first kappa shape index (κ1) is 22.5. The number of nitrogens with zero attached hydrogens (tertiary/aromatic N) is 1. The minimum Gasteiger partial charge on any atom is -0.443 e. The molecule has 0 spiro atoms. The van der Waals surface area contributed by atoms with Gasteiger partial charge in [-0.2, -0.15) is 0 Å². The van der Waals surface area contributed by atoms with Gasteiger partial charge in [-0.1, -0.05) is 46.7 Å². The minimum atomic E-state index is -1.38. The van der Waals surface area contributed by atoms with Crippen LogP contribution in [0, 0.1) is 0 Å². The highest BCUT2D eigenvalue weighted by Crippen LogP contribution is 2.34. The van der Waals surface area contributed by atoms with Crippen molar-refractivity contribution in [1.29, 1.82) is 0 Å². The Morgan fingerprint density at radius 2 is 2.00 bits per heavy atom. The quantitative estimate of drug-likeness (QED) is 0.406. The van der Waals surface area contributed by atoms with Crippen LogP contribution in [0.15, 0.2) is 47.4 Å². The van der Waals surface area contributed by atoms with Gasteiger partial charge in [-0.05, 0) is 30.3 Å². The van der Waals surface area contributed by atoms with E-state index < -0.39 is 28.8 Å². The molecule has 166 valence electrons. The van der Waals surface area contributed by atoms with Gasteiger partial charge in [0.15, 0.2) is 5.13 Å². The molecule has 2 atom stereocenters. The monoisotopic (exact) mass is 510 g/mol. The molecule has 8 nitrogen and oxygen atoms in total. The Bertz CT molecular complexity index is 1210. The van der Waals surface area contributed by atoms with E-state index in [0.717, 1.165) is 11.3 Å². The Morgan fingerprint density at radius 1 is 1.28 bits per heavy atom. The molecule has 1 amide bonds. The van der Waals surface area contributed by atoms with Gasteiger partial charge in [0.2, 0.25) is 5.78 Å². The number of ether oxygens (including phenoxy) is 1. The first-order chi connectivity index (χ1) is 15.3. The van der Waals surface area contributed by atoms with Gasteiger partial charge in [0, 0.05) is 10.6 Å². The van der Waals surface area contributed by atoms with Crippen LogP contribution in [0.3, 0.4) is 0 Å². The van der Waals surface area contributed by atoms with Crippen molar-refractivity contribution in [2.45, 2.75) is 11.0 Å². The van der Waals surface area contributed by atoms with Crippen molar-refractivity contribution < 1.29 is 18.5 Å². The highest BCUT2D eigenvalue weighted by molar-refractivity contribution is 7.85. The zero-order chi connectivity index (χ0) is 22.8. The molecule has 1 aromatic heterocycles. The Hall–Kier alpha value is -2.66. The van der Waals surface area contributed by atoms with E-state index in [-0.39, 0.29) is 32.1 Å². The molecule has 3 aromatic rings. The Balaban J connectivity index is 1.51. The summed E-state index contributed by atoms with van der Waals surface area (Å²) in [5.41, 5.74) is 6.75. The largest absolute Gasteiger partial charge is 0.443 e. The number of hydrogen-bond acceptors (Lipinski definition) is 8. The molecule has 0 radical (unpaired) electrons. The van der Waals surface area contributed by atoms with Crippen molar-refractivity contribution in [2.75, 3.05) is 23.3 Å². The first-order valence-corrected chi connectivity index (χ1v) is 12.2. The fraction of sp³-hybridized carbons (Fsp3) is 0.150. The molecule has 4 rings (SSSR count). The number of ketones is 1. The summed E-state index contributed by atoms with van der Waals surface area (Å²) >= 11 is 13.3. The number of halogens is 2. The molecule has 4 N–H and O–H groups in total. The minimum absolute atomic E-state index is 0.0498. The Morgan fingerprint density at radius 3 is 2.69 bits per heavy atom. The van der Waals surface area contributed by atoms with Gasteiger partial charge in [-0.25, -0.2) is 9.78 Å². The van der Waals surface area contributed by atoms with E-state index in [2.05, 4.69) is 15.6 Å². The zero-order valence-corrected chi connectivity index (χ0v) is 19.4. The summed E-state index contributed by atoms with van der Waals surface area (Å²) in [6.07, 6.45) is -0.948. The fourth-order valence-corrected chi connectivity index (χ4v) is 5.63. The van der Waals surface area contributed by atoms with Gasteiger partial charge >= 0.3 is 6.09 Å². The average molecular weight is 511 g/mol. The lowest BCUT2D eigenvalue weighted by atomic mass is 10.1. The summed E-state index contributed by atoms with van der Waals surface area (Å²) in [6.45, 7) is 0.327. The lowest BCUT2D eigenvalue weighted by Gasteiger charge is -2.09. The van der Waals surface area contributed by atoms with Crippen LogP contribution in [-0.2, 0) is 15.5 Å². The number of alkyl carbamates (subject to hydrolysis) is 1. The number of cyclic esters (lactones) is 1. The smallest absolute Gasteiger partial charge is 0.407 e.